The lowest BCUT2D eigenvalue weighted by Gasteiger charge is -2.30. The van der Waals surface area contributed by atoms with Gasteiger partial charge in [0.05, 0.1) is 6.20 Å². The predicted octanol–water partition coefficient (Wildman–Crippen LogP) is 3.48. The van der Waals surface area contributed by atoms with E-state index in [2.05, 4.69) is 18.8 Å². The molecule has 0 saturated heterocycles. The Bertz CT molecular complexity index is 401. The van der Waals surface area contributed by atoms with Crippen molar-refractivity contribution in [3.05, 3.63) is 29.8 Å². The molecule has 1 aromatic heterocycles. The Morgan fingerprint density at radius 3 is 2.65 bits per heavy atom. The maximum absolute atomic E-state index is 12.7. The summed E-state index contributed by atoms with van der Waals surface area (Å²) in [5, 5.41) is 0. The Morgan fingerprint density at radius 1 is 1.29 bits per heavy atom. The summed E-state index contributed by atoms with van der Waals surface area (Å²) < 4.78 is 12.7. The van der Waals surface area contributed by atoms with Crippen LogP contribution in [0.15, 0.2) is 18.3 Å². The summed E-state index contributed by atoms with van der Waals surface area (Å²) in [6.07, 6.45) is 4.07. The molecule has 2 nitrogen and oxygen atoms in total. The fourth-order valence-corrected chi connectivity index (χ4v) is 2.52. The predicted molar refractivity (Wildman–Crippen MR) is 64.2 cm³/mol. The molecule has 1 aromatic rings. The second-order valence-corrected chi connectivity index (χ2v) is 5.19. The number of Topliss-reactive ketones (excluding diaryl/α,β-unsaturated/α-hetero) is 1. The molecular weight excluding hydrogens is 217 g/mol. The van der Waals surface area contributed by atoms with Crippen LogP contribution in [0, 0.1) is 23.6 Å². The Hall–Kier alpha value is -1.25. The van der Waals surface area contributed by atoms with E-state index in [-0.39, 0.29) is 11.7 Å². The number of ketones is 1. The molecule has 0 aliphatic heterocycles. The third-order valence-corrected chi connectivity index (χ3v) is 3.95. The van der Waals surface area contributed by atoms with Gasteiger partial charge in [-0.1, -0.05) is 13.8 Å². The summed E-state index contributed by atoms with van der Waals surface area (Å²) in [6.45, 7) is 4.43. The van der Waals surface area contributed by atoms with Gasteiger partial charge in [-0.05, 0) is 43.2 Å². The van der Waals surface area contributed by atoms with Crippen molar-refractivity contribution in [1.29, 1.82) is 0 Å². The minimum atomic E-state index is -0.396. The minimum Gasteiger partial charge on any atom is -0.292 e. The lowest BCUT2D eigenvalue weighted by atomic mass is 9.74. The van der Waals surface area contributed by atoms with Crippen molar-refractivity contribution < 1.29 is 9.18 Å². The first-order valence-electron chi connectivity index (χ1n) is 6.23. The molecule has 0 spiro atoms. The highest BCUT2D eigenvalue weighted by Gasteiger charge is 2.30. The summed E-state index contributed by atoms with van der Waals surface area (Å²) in [4.78, 5) is 16.1. The third kappa shape index (κ3) is 2.71. The van der Waals surface area contributed by atoms with Crippen molar-refractivity contribution in [2.75, 3.05) is 0 Å². The Morgan fingerprint density at radius 2 is 2.06 bits per heavy atom. The largest absolute Gasteiger partial charge is 0.292 e. The van der Waals surface area contributed by atoms with Gasteiger partial charge in [0.25, 0.3) is 0 Å². The number of halogens is 1. The lowest BCUT2D eigenvalue weighted by molar-refractivity contribution is 0.0832. The lowest BCUT2D eigenvalue weighted by Crippen LogP contribution is -2.27. The quantitative estimate of drug-likeness (QED) is 0.735. The molecule has 0 N–H and O–H groups in total. The molecule has 1 heterocycles. The molecule has 1 aliphatic carbocycles. The van der Waals surface area contributed by atoms with E-state index < -0.39 is 5.82 Å². The van der Waals surface area contributed by atoms with E-state index >= 15 is 0 Å². The van der Waals surface area contributed by atoms with E-state index in [1.807, 2.05) is 0 Å². The van der Waals surface area contributed by atoms with Gasteiger partial charge < -0.3 is 0 Å². The zero-order valence-electron chi connectivity index (χ0n) is 10.3. The number of aromatic nitrogens is 1. The SMILES string of the molecule is CC1CCC(C(=O)c2ccc(F)cn2)CC1C. The summed E-state index contributed by atoms with van der Waals surface area (Å²) in [5.41, 5.74) is 0.401. The van der Waals surface area contributed by atoms with Gasteiger partial charge in [0.1, 0.15) is 11.5 Å². The van der Waals surface area contributed by atoms with Crippen LogP contribution in [0.1, 0.15) is 43.6 Å². The highest BCUT2D eigenvalue weighted by atomic mass is 19.1. The van der Waals surface area contributed by atoms with Crippen LogP contribution >= 0.6 is 0 Å². The van der Waals surface area contributed by atoms with Crippen LogP contribution in [-0.4, -0.2) is 10.8 Å². The Kier molecular flexibility index (Phi) is 3.55. The molecule has 3 unspecified atom stereocenters. The fraction of sp³-hybridized carbons (Fsp3) is 0.571. The number of hydrogen-bond donors (Lipinski definition) is 0. The average molecular weight is 235 g/mol. The van der Waals surface area contributed by atoms with E-state index in [0.29, 0.717) is 17.5 Å². The zero-order chi connectivity index (χ0) is 12.4. The Balaban J connectivity index is 2.08. The van der Waals surface area contributed by atoms with Crippen LogP contribution in [0.4, 0.5) is 4.39 Å². The monoisotopic (exact) mass is 235 g/mol. The van der Waals surface area contributed by atoms with Gasteiger partial charge >= 0.3 is 0 Å². The molecule has 3 heteroatoms. The summed E-state index contributed by atoms with van der Waals surface area (Å²) in [7, 11) is 0. The van der Waals surface area contributed by atoms with E-state index in [0.717, 1.165) is 25.5 Å². The van der Waals surface area contributed by atoms with Gasteiger partial charge in [0.2, 0.25) is 0 Å². The van der Waals surface area contributed by atoms with E-state index in [1.54, 1.807) is 0 Å². The molecule has 92 valence electrons. The number of rotatable bonds is 2. The van der Waals surface area contributed by atoms with Crippen molar-refractivity contribution in [2.45, 2.75) is 33.1 Å². The van der Waals surface area contributed by atoms with Crippen LogP contribution in [-0.2, 0) is 0 Å². The van der Waals surface area contributed by atoms with Crippen LogP contribution in [0.25, 0.3) is 0 Å². The number of pyridine rings is 1. The van der Waals surface area contributed by atoms with Crippen molar-refractivity contribution >= 4 is 5.78 Å². The van der Waals surface area contributed by atoms with Gasteiger partial charge in [-0.2, -0.15) is 0 Å². The van der Waals surface area contributed by atoms with Crippen molar-refractivity contribution in [3.63, 3.8) is 0 Å². The molecule has 1 saturated carbocycles. The van der Waals surface area contributed by atoms with Gasteiger partial charge in [0, 0.05) is 5.92 Å². The molecule has 3 atom stereocenters. The van der Waals surface area contributed by atoms with Crippen molar-refractivity contribution in [2.24, 2.45) is 17.8 Å². The molecular formula is C14H18FNO. The van der Waals surface area contributed by atoms with Gasteiger partial charge in [-0.25, -0.2) is 4.39 Å². The Labute approximate surface area is 101 Å². The molecule has 17 heavy (non-hydrogen) atoms. The van der Waals surface area contributed by atoms with Crippen LogP contribution < -0.4 is 0 Å². The fourth-order valence-electron chi connectivity index (χ4n) is 2.52. The third-order valence-electron chi connectivity index (χ3n) is 3.95. The smallest absolute Gasteiger partial charge is 0.184 e. The zero-order valence-corrected chi connectivity index (χ0v) is 10.3. The van der Waals surface area contributed by atoms with Gasteiger partial charge in [-0.3, -0.25) is 9.78 Å². The minimum absolute atomic E-state index is 0.0687. The highest BCUT2D eigenvalue weighted by molar-refractivity contribution is 5.96. The first-order valence-corrected chi connectivity index (χ1v) is 6.23. The number of hydrogen-bond acceptors (Lipinski definition) is 2. The normalized spacial score (nSPS) is 29.0. The van der Waals surface area contributed by atoms with Crippen molar-refractivity contribution in [3.8, 4) is 0 Å². The second kappa shape index (κ2) is 4.94. The molecule has 1 aliphatic rings. The van der Waals surface area contributed by atoms with Crippen LogP contribution in [0.5, 0.6) is 0 Å². The maximum Gasteiger partial charge on any atom is 0.184 e. The van der Waals surface area contributed by atoms with E-state index in [4.69, 9.17) is 0 Å². The molecule has 1 fully saturated rings. The first kappa shape index (κ1) is 12.2. The van der Waals surface area contributed by atoms with E-state index in [9.17, 15) is 9.18 Å². The standard InChI is InChI=1S/C14H18FNO/c1-9-3-4-11(7-10(9)2)14(17)13-6-5-12(15)8-16-13/h5-6,8-11H,3-4,7H2,1-2H3. The topological polar surface area (TPSA) is 30.0 Å². The molecule has 2 rings (SSSR count). The first-order chi connectivity index (χ1) is 8.08. The van der Waals surface area contributed by atoms with Crippen LogP contribution in [0.3, 0.4) is 0 Å². The number of carbonyl (C=O) groups excluding carboxylic acids is 1. The highest BCUT2D eigenvalue weighted by Crippen LogP contribution is 2.34. The molecule has 0 bridgehead atoms. The number of nitrogens with zero attached hydrogens (tertiary/aromatic N) is 1. The number of carbonyl (C=O) groups is 1. The molecule has 0 amide bonds. The van der Waals surface area contributed by atoms with Gasteiger partial charge in [0.15, 0.2) is 5.78 Å². The second-order valence-electron chi connectivity index (χ2n) is 5.19. The maximum atomic E-state index is 12.7. The van der Waals surface area contributed by atoms with Crippen molar-refractivity contribution in [1.82, 2.24) is 4.98 Å². The summed E-state index contributed by atoms with van der Waals surface area (Å²) in [6, 6.07) is 2.79. The summed E-state index contributed by atoms with van der Waals surface area (Å²) in [5.74, 6) is 1.02. The summed E-state index contributed by atoms with van der Waals surface area (Å²) >= 11 is 0. The van der Waals surface area contributed by atoms with E-state index in [1.165, 1.54) is 12.1 Å². The van der Waals surface area contributed by atoms with Crippen LogP contribution in [0.2, 0.25) is 0 Å². The molecule has 0 aromatic carbocycles. The molecule has 0 radical (unpaired) electrons. The average Bonchev–Trinajstić information content (AvgIpc) is 2.33. The van der Waals surface area contributed by atoms with Gasteiger partial charge in [-0.15, -0.1) is 0 Å².